The molecule has 0 saturated carbocycles. The van der Waals surface area contributed by atoms with Crippen LogP contribution in [0.1, 0.15) is 21.6 Å². The zero-order valence-corrected chi connectivity index (χ0v) is 14.2. The first kappa shape index (κ1) is 15.1. The van der Waals surface area contributed by atoms with E-state index in [1.54, 1.807) is 6.20 Å². The van der Waals surface area contributed by atoms with E-state index < -0.39 is 0 Å². The van der Waals surface area contributed by atoms with Gasteiger partial charge in [-0.05, 0) is 48.9 Å². The third-order valence-electron chi connectivity index (χ3n) is 4.96. The van der Waals surface area contributed by atoms with Crippen molar-refractivity contribution in [3.8, 4) is 0 Å². The Labute approximate surface area is 150 Å². The van der Waals surface area contributed by atoms with Gasteiger partial charge in [-0.1, -0.05) is 18.2 Å². The highest BCUT2D eigenvalue weighted by Crippen LogP contribution is 2.26. The molecule has 0 radical (unpaired) electrons. The highest BCUT2D eigenvalue weighted by atomic mass is 16.1. The Bertz CT molecular complexity index is 1150. The molecular weight excluding hydrogens is 324 g/mol. The van der Waals surface area contributed by atoms with E-state index in [0.29, 0.717) is 11.3 Å². The fraction of sp³-hybridized carbons (Fsp3) is 0.143. The fourth-order valence-electron chi connectivity index (χ4n) is 3.65. The molecule has 5 rings (SSSR count). The standard InChI is InChI=1S/C21H18N4O/c26-21(24-15-9-13-3-1-2-4-18(13)23-11-15)14-5-6-19-17(10-14)16-7-8-22-12-20(16)25-19/h1-6,9-11,22,25H,7-8,12H2,(H,24,26). The van der Waals surface area contributed by atoms with Gasteiger partial charge in [-0.25, -0.2) is 0 Å². The van der Waals surface area contributed by atoms with Crippen LogP contribution in [0.15, 0.2) is 54.7 Å². The summed E-state index contributed by atoms with van der Waals surface area (Å²) in [7, 11) is 0. The molecule has 0 spiro atoms. The first-order valence-electron chi connectivity index (χ1n) is 8.78. The number of aromatic nitrogens is 2. The van der Waals surface area contributed by atoms with Gasteiger partial charge in [0.15, 0.2) is 0 Å². The molecule has 0 saturated heterocycles. The molecule has 0 aliphatic carbocycles. The molecule has 2 aromatic carbocycles. The predicted molar refractivity (Wildman–Crippen MR) is 103 cm³/mol. The lowest BCUT2D eigenvalue weighted by molar-refractivity contribution is 0.102. The van der Waals surface area contributed by atoms with E-state index in [1.807, 2.05) is 48.5 Å². The second kappa shape index (κ2) is 5.97. The van der Waals surface area contributed by atoms with Crippen LogP contribution in [-0.4, -0.2) is 22.4 Å². The molecule has 3 heterocycles. The number of pyridine rings is 1. The normalized spacial score (nSPS) is 13.7. The van der Waals surface area contributed by atoms with Gasteiger partial charge in [0.2, 0.25) is 0 Å². The average Bonchev–Trinajstić information content (AvgIpc) is 3.06. The molecule has 1 aliphatic rings. The van der Waals surface area contributed by atoms with Crippen molar-refractivity contribution in [3.63, 3.8) is 0 Å². The lowest BCUT2D eigenvalue weighted by atomic mass is 10.0. The van der Waals surface area contributed by atoms with E-state index in [2.05, 4.69) is 20.6 Å². The van der Waals surface area contributed by atoms with Crippen LogP contribution in [0.5, 0.6) is 0 Å². The summed E-state index contributed by atoms with van der Waals surface area (Å²) in [6, 6.07) is 15.7. The molecule has 26 heavy (non-hydrogen) atoms. The average molecular weight is 342 g/mol. The number of para-hydroxylation sites is 1. The summed E-state index contributed by atoms with van der Waals surface area (Å²) in [5, 5.41) is 8.48. The van der Waals surface area contributed by atoms with Crippen molar-refractivity contribution in [2.45, 2.75) is 13.0 Å². The number of carbonyl (C=O) groups excluding carboxylic acids is 1. The Hall–Kier alpha value is -3.18. The number of fused-ring (bicyclic) bond motifs is 4. The second-order valence-electron chi connectivity index (χ2n) is 6.64. The van der Waals surface area contributed by atoms with Crippen molar-refractivity contribution in [3.05, 3.63) is 71.5 Å². The molecule has 5 heteroatoms. The number of benzene rings is 2. The highest BCUT2D eigenvalue weighted by molar-refractivity contribution is 6.07. The number of amides is 1. The van der Waals surface area contributed by atoms with Crippen molar-refractivity contribution in [1.82, 2.24) is 15.3 Å². The van der Waals surface area contributed by atoms with Crippen LogP contribution >= 0.6 is 0 Å². The van der Waals surface area contributed by atoms with Gasteiger partial charge >= 0.3 is 0 Å². The lowest BCUT2D eigenvalue weighted by Gasteiger charge is -2.12. The molecule has 128 valence electrons. The molecule has 3 N–H and O–H groups in total. The third-order valence-corrected chi connectivity index (χ3v) is 4.96. The van der Waals surface area contributed by atoms with Crippen LogP contribution in [0.4, 0.5) is 5.69 Å². The summed E-state index contributed by atoms with van der Waals surface area (Å²) in [6.45, 7) is 1.83. The molecule has 1 amide bonds. The van der Waals surface area contributed by atoms with Gasteiger partial charge < -0.3 is 15.6 Å². The Morgan fingerprint density at radius 1 is 1.12 bits per heavy atom. The highest BCUT2D eigenvalue weighted by Gasteiger charge is 2.16. The van der Waals surface area contributed by atoms with Crippen molar-refractivity contribution >= 4 is 33.4 Å². The van der Waals surface area contributed by atoms with Crippen LogP contribution in [0.25, 0.3) is 21.8 Å². The number of hydrogen-bond donors (Lipinski definition) is 3. The molecule has 5 nitrogen and oxygen atoms in total. The SMILES string of the molecule is O=C(Nc1cnc2ccccc2c1)c1ccc2[nH]c3c(c2c1)CCNC3. The molecule has 2 aromatic heterocycles. The number of rotatable bonds is 2. The van der Waals surface area contributed by atoms with Crippen LogP contribution in [-0.2, 0) is 13.0 Å². The number of hydrogen-bond acceptors (Lipinski definition) is 3. The monoisotopic (exact) mass is 342 g/mol. The molecule has 0 unspecified atom stereocenters. The third kappa shape index (κ3) is 2.53. The van der Waals surface area contributed by atoms with Gasteiger partial charge in [-0.15, -0.1) is 0 Å². The first-order chi connectivity index (χ1) is 12.8. The van der Waals surface area contributed by atoms with Crippen molar-refractivity contribution in [1.29, 1.82) is 0 Å². The maximum absolute atomic E-state index is 12.7. The number of nitrogens with zero attached hydrogens (tertiary/aromatic N) is 1. The van der Waals surface area contributed by atoms with Crippen LogP contribution in [0.3, 0.4) is 0 Å². The van der Waals surface area contributed by atoms with Crippen molar-refractivity contribution < 1.29 is 4.79 Å². The fourth-order valence-corrected chi connectivity index (χ4v) is 3.65. The summed E-state index contributed by atoms with van der Waals surface area (Å²) < 4.78 is 0. The minimum absolute atomic E-state index is 0.118. The second-order valence-corrected chi connectivity index (χ2v) is 6.64. The van der Waals surface area contributed by atoms with E-state index in [9.17, 15) is 4.79 Å². The van der Waals surface area contributed by atoms with Crippen LogP contribution in [0, 0.1) is 0 Å². The molecule has 0 fully saturated rings. The van der Waals surface area contributed by atoms with Gasteiger partial charge in [-0.2, -0.15) is 0 Å². The number of aromatic amines is 1. The topological polar surface area (TPSA) is 69.8 Å². The van der Waals surface area contributed by atoms with Gasteiger partial charge in [0.25, 0.3) is 5.91 Å². The Morgan fingerprint density at radius 2 is 2.04 bits per heavy atom. The molecule has 4 aromatic rings. The van der Waals surface area contributed by atoms with Crippen LogP contribution < -0.4 is 10.6 Å². The minimum atomic E-state index is -0.118. The zero-order chi connectivity index (χ0) is 17.5. The number of carbonyl (C=O) groups is 1. The van der Waals surface area contributed by atoms with Crippen LogP contribution in [0.2, 0.25) is 0 Å². The van der Waals surface area contributed by atoms with E-state index in [0.717, 1.165) is 41.3 Å². The Morgan fingerprint density at radius 3 is 3.00 bits per heavy atom. The summed E-state index contributed by atoms with van der Waals surface area (Å²) in [5.74, 6) is -0.118. The summed E-state index contributed by atoms with van der Waals surface area (Å²) in [6.07, 6.45) is 2.68. The Kier molecular flexibility index (Phi) is 3.47. The molecule has 1 aliphatic heterocycles. The van der Waals surface area contributed by atoms with Gasteiger partial charge in [0, 0.05) is 34.1 Å². The molecule has 0 bridgehead atoms. The van der Waals surface area contributed by atoms with Crippen molar-refractivity contribution in [2.75, 3.05) is 11.9 Å². The van der Waals surface area contributed by atoms with Crippen molar-refractivity contribution in [2.24, 2.45) is 0 Å². The van der Waals surface area contributed by atoms with E-state index in [4.69, 9.17) is 0 Å². The summed E-state index contributed by atoms with van der Waals surface area (Å²) >= 11 is 0. The zero-order valence-electron chi connectivity index (χ0n) is 14.2. The lowest BCUT2D eigenvalue weighted by Crippen LogP contribution is -2.23. The smallest absolute Gasteiger partial charge is 0.255 e. The number of H-pyrrole nitrogens is 1. The number of nitrogens with one attached hydrogen (secondary N) is 3. The largest absolute Gasteiger partial charge is 0.357 e. The van der Waals surface area contributed by atoms with E-state index in [1.165, 1.54) is 11.3 Å². The maximum Gasteiger partial charge on any atom is 0.255 e. The Balaban J connectivity index is 1.47. The van der Waals surface area contributed by atoms with E-state index in [-0.39, 0.29) is 5.91 Å². The number of anilines is 1. The minimum Gasteiger partial charge on any atom is -0.357 e. The van der Waals surface area contributed by atoms with Gasteiger partial charge in [-0.3, -0.25) is 9.78 Å². The molecular formula is C21H18N4O. The summed E-state index contributed by atoms with van der Waals surface area (Å²) in [5.41, 5.74) is 5.91. The van der Waals surface area contributed by atoms with Gasteiger partial charge in [0.05, 0.1) is 17.4 Å². The predicted octanol–water partition coefficient (Wildman–Crippen LogP) is 3.61. The quantitative estimate of drug-likeness (QED) is 0.521. The van der Waals surface area contributed by atoms with E-state index >= 15 is 0 Å². The van der Waals surface area contributed by atoms with Gasteiger partial charge in [0.1, 0.15) is 0 Å². The first-order valence-corrected chi connectivity index (χ1v) is 8.78. The maximum atomic E-state index is 12.7. The summed E-state index contributed by atoms with van der Waals surface area (Å²) in [4.78, 5) is 20.6. The molecule has 0 atom stereocenters.